The van der Waals surface area contributed by atoms with Crippen LogP contribution in [0.5, 0.6) is 5.75 Å². The largest absolute Gasteiger partial charge is 0.496 e. The molecule has 1 heterocycles. The molecular weight excluding hydrogens is 491 g/mol. The third-order valence-electron chi connectivity index (χ3n) is 6.53. The number of hydrogen-bond donors (Lipinski definition) is 1. The molecule has 198 valence electrons. The van der Waals surface area contributed by atoms with Crippen LogP contribution in [0.1, 0.15) is 41.8 Å². The number of aromatic nitrogens is 1. The maximum Gasteiger partial charge on any atom is 0.266 e. The second kappa shape index (κ2) is 11.1. The molecule has 8 heteroatoms. The van der Waals surface area contributed by atoms with Crippen LogP contribution in [-0.4, -0.2) is 37.0 Å². The minimum Gasteiger partial charge on any atom is -0.496 e. The van der Waals surface area contributed by atoms with Gasteiger partial charge < -0.3 is 15.0 Å². The number of hydrogen-bond acceptors (Lipinski definition) is 4. The molecule has 0 aliphatic heterocycles. The first-order chi connectivity index (χ1) is 18.1. The molecule has 0 saturated heterocycles. The fourth-order valence-corrected chi connectivity index (χ4v) is 4.43. The van der Waals surface area contributed by atoms with Crippen LogP contribution in [0.2, 0.25) is 0 Å². The maximum absolute atomic E-state index is 14.8. The minimum atomic E-state index is -2.89. The van der Waals surface area contributed by atoms with Gasteiger partial charge in [0.15, 0.2) is 0 Å². The highest BCUT2D eigenvalue weighted by molar-refractivity contribution is 5.95. The summed E-state index contributed by atoms with van der Waals surface area (Å²) in [6, 6.07) is 16.9. The third-order valence-corrected chi connectivity index (χ3v) is 6.53. The highest BCUT2D eigenvalue weighted by Crippen LogP contribution is 2.34. The molecule has 4 aromatic rings. The van der Waals surface area contributed by atoms with Crippen LogP contribution in [0.15, 0.2) is 60.7 Å². The number of rotatable bonds is 8. The van der Waals surface area contributed by atoms with Gasteiger partial charge in [0.05, 0.1) is 30.7 Å². The molecular formula is C30H30F3N3O2. The second-order valence-corrected chi connectivity index (χ2v) is 9.45. The lowest BCUT2D eigenvalue weighted by Crippen LogP contribution is -2.23. The summed E-state index contributed by atoms with van der Waals surface area (Å²) in [7, 11) is 5.00. The average Bonchev–Trinajstić information content (AvgIpc) is 2.88. The summed E-state index contributed by atoms with van der Waals surface area (Å²) in [4.78, 5) is 18.4. The Morgan fingerprint density at radius 2 is 1.71 bits per heavy atom. The van der Waals surface area contributed by atoms with Crippen molar-refractivity contribution in [3.8, 4) is 16.9 Å². The van der Waals surface area contributed by atoms with Gasteiger partial charge in [0.1, 0.15) is 11.6 Å². The SMILES string of the molecule is COc1cc(-c2ccc3nc(C)cc(N[C@H](C)c4cccc(C(F)F)c4F)c3c2)ccc1CC(=O)N(C)C. The lowest BCUT2D eigenvalue weighted by Gasteiger charge is -2.20. The zero-order valence-corrected chi connectivity index (χ0v) is 22.0. The Morgan fingerprint density at radius 1 is 1.03 bits per heavy atom. The molecule has 1 atom stereocenters. The Balaban J connectivity index is 1.72. The van der Waals surface area contributed by atoms with Crippen molar-refractivity contribution < 1.29 is 22.7 Å². The molecule has 0 radical (unpaired) electrons. The Labute approximate surface area is 220 Å². The Kier molecular flexibility index (Phi) is 7.90. The van der Waals surface area contributed by atoms with Crippen molar-refractivity contribution in [1.29, 1.82) is 0 Å². The van der Waals surface area contributed by atoms with Crippen LogP contribution in [0, 0.1) is 12.7 Å². The first-order valence-electron chi connectivity index (χ1n) is 12.2. The van der Waals surface area contributed by atoms with E-state index in [0.29, 0.717) is 11.4 Å². The van der Waals surface area contributed by atoms with Crippen LogP contribution < -0.4 is 10.1 Å². The zero-order chi connectivity index (χ0) is 27.6. The van der Waals surface area contributed by atoms with E-state index in [1.165, 1.54) is 17.0 Å². The van der Waals surface area contributed by atoms with E-state index in [4.69, 9.17) is 4.74 Å². The van der Waals surface area contributed by atoms with Gasteiger partial charge in [-0.05, 0) is 49.2 Å². The number of aryl methyl sites for hydroxylation is 1. The molecule has 0 bridgehead atoms. The number of fused-ring (bicyclic) bond motifs is 1. The lowest BCUT2D eigenvalue weighted by molar-refractivity contribution is -0.127. The van der Waals surface area contributed by atoms with Gasteiger partial charge in [-0.25, -0.2) is 13.2 Å². The van der Waals surface area contributed by atoms with Gasteiger partial charge in [0.2, 0.25) is 5.91 Å². The van der Waals surface area contributed by atoms with Crippen LogP contribution in [0.3, 0.4) is 0 Å². The number of nitrogens with one attached hydrogen (secondary N) is 1. The summed E-state index contributed by atoms with van der Waals surface area (Å²) in [6.07, 6.45) is -2.66. The van der Waals surface area contributed by atoms with Crippen molar-refractivity contribution in [3.63, 3.8) is 0 Å². The van der Waals surface area contributed by atoms with Crippen molar-refractivity contribution in [1.82, 2.24) is 9.88 Å². The molecule has 1 N–H and O–H groups in total. The summed E-state index contributed by atoms with van der Waals surface area (Å²) in [5, 5.41) is 4.10. The van der Waals surface area contributed by atoms with Crippen molar-refractivity contribution in [2.24, 2.45) is 0 Å². The number of nitrogens with zero attached hydrogens (tertiary/aromatic N) is 2. The molecule has 1 aromatic heterocycles. The molecule has 4 rings (SSSR count). The van der Waals surface area contributed by atoms with Gasteiger partial charge in [-0.2, -0.15) is 0 Å². The van der Waals surface area contributed by atoms with Gasteiger partial charge in [0, 0.05) is 42.0 Å². The monoisotopic (exact) mass is 521 g/mol. The quantitative estimate of drug-likeness (QED) is 0.269. The van der Waals surface area contributed by atoms with Crippen LogP contribution in [0.25, 0.3) is 22.0 Å². The van der Waals surface area contributed by atoms with Crippen molar-refractivity contribution in [3.05, 3.63) is 88.9 Å². The third kappa shape index (κ3) is 5.59. The molecule has 38 heavy (non-hydrogen) atoms. The van der Waals surface area contributed by atoms with Gasteiger partial charge in [0.25, 0.3) is 6.43 Å². The number of ether oxygens (including phenoxy) is 1. The summed E-state index contributed by atoms with van der Waals surface area (Å²) < 4.78 is 46.9. The van der Waals surface area contributed by atoms with E-state index < -0.39 is 23.8 Å². The van der Waals surface area contributed by atoms with E-state index in [-0.39, 0.29) is 17.9 Å². The Morgan fingerprint density at radius 3 is 2.39 bits per heavy atom. The molecule has 0 aliphatic rings. The first-order valence-corrected chi connectivity index (χ1v) is 12.2. The first kappa shape index (κ1) is 27.0. The molecule has 0 aliphatic carbocycles. The van der Waals surface area contributed by atoms with Gasteiger partial charge >= 0.3 is 0 Å². The van der Waals surface area contributed by atoms with E-state index in [0.717, 1.165) is 39.4 Å². The van der Waals surface area contributed by atoms with Crippen molar-refractivity contribution in [2.75, 3.05) is 26.5 Å². The molecule has 1 amide bonds. The molecule has 0 spiro atoms. The number of carbonyl (C=O) groups excluding carboxylic acids is 1. The summed E-state index contributed by atoms with van der Waals surface area (Å²) in [6.45, 7) is 3.59. The number of halogens is 3. The van der Waals surface area contributed by atoms with Crippen LogP contribution in [0.4, 0.5) is 18.9 Å². The van der Waals surface area contributed by atoms with Gasteiger partial charge in [-0.3, -0.25) is 9.78 Å². The van der Waals surface area contributed by atoms with Gasteiger partial charge in [-0.1, -0.05) is 36.4 Å². The highest BCUT2D eigenvalue weighted by atomic mass is 19.3. The number of amides is 1. The van der Waals surface area contributed by atoms with Crippen molar-refractivity contribution in [2.45, 2.75) is 32.7 Å². The predicted molar refractivity (Wildman–Crippen MR) is 144 cm³/mol. The number of carbonyl (C=O) groups is 1. The zero-order valence-electron chi connectivity index (χ0n) is 22.0. The topological polar surface area (TPSA) is 54.5 Å². The normalized spacial score (nSPS) is 12.0. The van der Waals surface area contributed by atoms with E-state index in [9.17, 15) is 18.0 Å². The summed E-state index contributed by atoms with van der Waals surface area (Å²) in [5.41, 5.74) is 4.34. The number of methoxy groups -OCH3 is 1. The number of pyridine rings is 1. The van der Waals surface area contributed by atoms with E-state index in [1.54, 1.807) is 28.1 Å². The number of benzene rings is 3. The Hall–Kier alpha value is -4.07. The lowest BCUT2D eigenvalue weighted by atomic mass is 9.98. The predicted octanol–water partition coefficient (Wildman–Crippen LogP) is 7.10. The average molecular weight is 522 g/mol. The minimum absolute atomic E-state index is 0.0245. The molecule has 5 nitrogen and oxygen atoms in total. The van der Waals surface area contributed by atoms with Gasteiger partial charge in [-0.15, -0.1) is 0 Å². The van der Waals surface area contributed by atoms with Crippen molar-refractivity contribution >= 4 is 22.5 Å². The molecule has 0 unspecified atom stereocenters. The van der Waals surface area contributed by atoms with E-state index >= 15 is 0 Å². The molecule has 3 aromatic carbocycles. The Bertz CT molecular complexity index is 1490. The van der Waals surface area contributed by atoms with E-state index in [2.05, 4.69) is 10.3 Å². The van der Waals surface area contributed by atoms with E-state index in [1.807, 2.05) is 49.4 Å². The second-order valence-electron chi connectivity index (χ2n) is 9.45. The summed E-state index contributed by atoms with van der Waals surface area (Å²) >= 11 is 0. The van der Waals surface area contributed by atoms with Crippen LogP contribution >= 0.6 is 0 Å². The smallest absolute Gasteiger partial charge is 0.266 e. The van der Waals surface area contributed by atoms with Crippen LogP contribution in [-0.2, 0) is 11.2 Å². The fourth-order valence-electron chi connectivity index (χ4n) is 4.43. The molecule has 0 fully saturated rings. The molecule has 0 saturated carbocycles. The number of anilines is 1. The number of likely N-dealkylation sites (N-methyl/N-ethyl adjacent to an activating group) is 1. The highest BCUT2D eigenvalue weighted by Gasteiger charge is 2.20. The fraction of sp³-hybridized carbons (Fsp3) is 0.267. The number of alkyl halides is 2. The standard InChI is InChI=1S/C30H30F3N3O2/c1-17-13-26(35-18(2)22-7-6-8-23(29(22)31)30(32)33)24-14-19(11-12-25(24)34-17)20-9-10-21(27(15-20)38-5)16-28(37)36(3)4/h6-15,18,30H,16H2,1-5H3,(H,34,35)/t18-/m1/s1. The summed E-state index contributed by atoms with van der Waals surface area (Å²) in [5.74, 6) is -0.317. The maximum atomic E-state index is 14.8.